The Morgan fingerprint density at radius 1 is 1.48 bits per heavy atom. The molecule has 0 aromatic carbocycles. The molecule has 13 heteroatoms. The van der Waals surface area contributed by atoms with Gasteiger partial charge in [-0.2, -0.15) is 18.2 Å². The SMILES string of the molecule is Nc1ccn(C2O[C@H](CO)[C@@H](OCCCNC(=O)C(F)(F)F)[C@H]2O)c(=O)n1. The standard InChI is InChI=1S/C14H19F3N4O6/c15-14(16,17)12(24)19-3-1-5-26-10-7(6-22)27-11(9(10)23)21-4-2-8(18)20-13(21)25/h2,4,7,9-11,22-23H,1,3,5-6H2,(H,19,24)(H2,18,20,25)/t7-,9-,10-,11?/m1/s1. The Bertz CT molecular complexity index is 713. The second-order valence-electron chi connectivity index (χ2n) is 5.72. The van der Waals surface area contributed by atoms with Crippen LogP contribution in [0.3, 0.4) is 0 Å². The summed E-state index contributed by atoms with van der Waals surface area (Å²) in [6, 6.07) is 1.32. The summed E-state index contributed by atoms with van der Waals surface area (Å²) in [5.74, 6) is -2.08. The maximum atomic E-state index is 12.1. The van der Waals surface area contributed by atoms with E-state index >= 15 is 0 Å². The molecule has 1 aliphatic heterocycles. The van der Waals surface area contributed by atoms with Crippen LogP contribution in [0.1, 0.15) is 12.6 Å². The van der Waals surface area contributed by atoms with E-state index < -0.39 is 48.9 Å². The van der Waals surface area contributed by atoms with Crippen LogP contribution >= 0.6 is 0 Å². The Balaban J connectivity index is 1.91. The Kier molecular flexibility index (Phi) is 6.75. The molecule has 152 valence electrons. The number of hydrogen-bond donors (Lipinski definition) is 4. The lowest BCUT2D eigenvalue weighted by atomic mass is 10.1. The molecule has 0 spiro atoms. The molecule has 1 fully saturated rings. The topological polar surface area (TPSA) is 149 Å². The van der Waals surface area contributed by atoms with E-state index in [0.29, 0.717) is 0 Å². The number of nitrogens with zero attached hydrogens (tertiary/aromatic N) is 2. The zero-order valence-corrected chi connectivity index (χ0v) is 13.9. The first-order chi connectivity index (χ1) is 12.6. The number of alkyl halides is 3. The minimum atomic E-state index is -4.97. The van der Waals surface area contributed by atoms with Crippen molar-refractivity contribution in [1.82, 2.24) is 14.9 Å². The molecule has 1 aliphatic rings. The lowest BCUT2D eigenvalue weighted by Gasteiger charge is -2.20. The minimum absolute atomic E-state index is 0.0175. The molecule has 1 aromatic rings. The van der Waals surface area contributed by atoms with Gasteiger partial charge in [0.2, 0.25) is 0 Å². The van der Waals surface area contributed by atoms with Gasteiger partial charge in [-0.1, -0.05) is 0 Å². The molecule has 0 bridgehead atoms. The number of anilines is 1. The van der Waals surface area contributed by atoms with E-state index in [2.05, 4.69) is 4.98 Å². The van der Waals surface area contributed by atoms with Gasteiger partial charge in [0.05, 0.1) is 6.61 Å². The maximum Gasteiger partial charge on any atom is 0.471 e. The number of ether oxygens (including phenoxy) is 2. The zero-order chi connectivity index (χ0) is 20.2. The molecule has 27 heavy (non-hydrogen) atoms. The highest BCUT2D eigenvalue weighted by Gasteiger charge is 2.45. The molecular weight excluding hydrogens is 377 g/mol. The smallest absolute Gasteiger partial charge is 0.394 e. The average Bonchev–Trinajstić information content (AvgIpc) is 2.89. The summed E-state index contributed by atoms with van der Waals surface area (Å²) in [4.78, 5) is 26.0. The molecular formula is C14H19F3N4O6. The average molecular weight is 396 g/mol. The highest BCUT2D eigenvalue weighted by molar-refractivity contribution is 5.81. The summed E-state index contributed by atoms with van der Waals surface area (Å²) < 4.78 is 47.9. The first kappa shape index (κ1) is 21.1. The Morgan fingerprint density at radius 2 is 2.19 bits per heavy atom. The number of rotatable bonds is 7. The Morgan fingerprint density at radius 3 is 2.78 bits per heavy atom. The number of aliphatic hydroxyl groups excluding tert-OH is 2. The van der Waals surface area contributed by atoms with Crippen LogP contribution in [-0.4, -0.2) is 69.9 Å². The second kappa shape index (κ2) is 8.65. The maximum absolute atomic E-state index is 12.1. The summed E-state index contributed by atoms with van der Waals surface area (Å²) in [6.45, 7) is -0.946. The molecule has 1 amide bonds. The van der Waals surface area contributed by atoms with Crippen LogP contribution in [0.15, 0.2) is 17.1 Å². The van der Waals surface area contributed by atoms with Crippen LogP contribution in [0.25, 0.3) is 0 Å². The number of aromatic nitrogens is 2. The molecule has 0 saturated carbocycles. The van der Waals surface area contributed by atoms with Gasteiger partial charge in [-0.25, -0.2) is 4.79 Å². The van der Waals surface area contributed by atoms with Crippen LogP contribution in [0, 0.1) is 0 Å². The van der Waals surface area contributed by atoms with Gasteiger partial charge in [0.1, 0.15) is 24.1 Å². The van der Waals surface area contributed by atoms with E-state index in [4.69, 9.17) is 15.2 Å². The molecule has 0 radical (unpaired) electrons. The third-order valence-electron chi connectivity index (χ3n) is 3.79. The summed E-state index contributed by atoms with van der Waals surface area (Å²) in [5, 5.41) is 21.4. The fourth-order valence-corrected chi connectivity index (χ4v) is 2.52. The van der Waals surface area contributed by atoms with Gasteiger partial charge < -0.3 is 30.7 Å². The number of nitrogen functional groups attached to an aromatic ring is 1. The van der Waals surface area contributed by atoms with Crippen LogP contribution in [0.2, 0.25) is 0 Å². The predicted octanol–water partition coefficient (Wildman–Crippen LogP) is -1.47. The number of carbonyl (C=O) groups excluding carboxylic acids is 1. The number of hydrogen-bond acceptors (Lipinski definition) is 8. The number of aliphatic hydroxyl groups is 2. The number of halogens is 3. The monoisotopic (exact) mass is 396 g/mol. The Labute approximate surface area is 150 Å². The van der Waals surface area contributed by atoms with Gasteiger partial charge in [-0.15, -0.1) is 0 Å². The van der Waals surface area contributed by atoms with E-state index in [1.165, 1.54) is 12.3 Å². The van der Waals surface area contributed by atoms with Crippen LogP contribution in [0.5, 0.6) is 0 Å². The van der Waals surface area contributed by atoms with Crippen LogP contribution < -0.4 is 16.7 Å². The largest absolute Gasteiger partial charge is 0.471 e. The van der Waals surface area contributed by atoms with Gasteiger partial charge in [-0.3, -0.25) is 9.36 Å². The summed E-state index contributed by atoms with van der Waals surface area (Å²) in [5.41, 5.74) is 4.62. The number of carbonyl (C=O) groups is 1. The lowest BCUT2D eigenvalue weighted by Crippen LogP contribution is -2.39. The van der Waals surface area contributed by atoms with Crippen molar-refractivity contribution >= 4 is 11.7 Å². The molecule has 5 N–H and O–H groups in total. The van der Waals surface area contributed by atoms with Crippen molar-refractivity contribution in [2.75, 3.05) is 25.5 Å². The molecule has 10 nitrogen and oxygen atoms in total. The highest BCUT2D eigenvalue weighted by atomic mass is 19.4. The van der Waals surface area contributed by atoms with Crippen molar-refractivity contribution in [2.24, 2.45) is 0 Å². The van der Waals surface area contributed by atoms with Gasteiger partial charge in [-0.05, 0) is 12.5 Å². The van der Waals surface area contributed by atoms with Crippen molar-refractivity contribution in [3.8, 4) is 0 Å². The van der Waals surface area contributed by atoms with Gasteiger partial charge in [0.15, 0.2) is 6.23 Å². The predicted molar refractivity (Wildman–Crippen MR) is 83.3 cm³/mol. The first-order valence-electron chi connectivity index (χ1n) is 7.91. The van der Waals surface area contributed by atoms with Crippen LogP contribution in [-0.2, 0) is 14.3 Å². The fourth-order valence-electron chi connectivity index (χ4n) is 2.52. The summed E-state index contributed by atoms with van der Waals surface area (Å²) >= 11 is 0. The molecule has 1 unspecified atom stereocenters. The number of nitrogens with one attached hydrogen (secondary N) is 1. The molecule has 4 atom stereocenters. The Hall–Kier alpha value is -2.22. The van der Waals surface area contributed by atoms with E-state index in [1.807, 2.05) is 0 Å². The third kappa shape index (κ3) is 5.15. The van der Waals surface area contributed by atoms with Crippen LogP contribution in [0.4, 0.5) is 19.0 Å². The van der Waals surface area contributed by atoms with Crippen molar-refractivity contribution in [3.05, 3.63) is 22.7 Å². The van der Waals surface area contributed by atoms with Gasteiger partial charge in [0.25, 0.3) is 0 Å². The molecule has 0 aliphatic carbocycles. The van der Waals surface area contributed by atoms with Crippen molar-refractivity contribution < 1.29 is 37.7 Å². The zero-order valence-electron chi connectivity index (χ0n) is 13.9. The summed E-state index contributed by atoms with van der Waals surface area (Å²) in [7, 11) is 0. The molecule has 1 aromatic heterocycles. The van der Waals surface area contributed by atoms with E-state index in [9.17, 15) is 33.0 Å². The van der Waals surface area contributed by atoms with E-state index in [-0.39, 0.29) is 25.4 Å². The van der Waals surface area contributed by atoms with Gasteiger partial charge >= 0.3 is 17.8 Å². The molecule has 1 saturated heterocycles. The lowest BCUT2D eigenvalue weighted by molar-refractivity contribution is -0.173. The highest BCUT2D eigenvalue weighted by Crippen LogP contribution is 2.30. The quantitative estimate of drug-likeness (QED) is 0.408. The van der Waals surface area contributed by atoms with E-state index in [0.717, 1.165) is 4.57 Å². The normalized spacial score (nSPS) is 25.5. The second-order valence-corrected chi connectivity index (χ2v) is 5.72. The molecule has 2 rings (SSSR count). The van der Waals surface area contributed by atoms with E-state index in [1.54, 1.807) is 5.32 Å². The van der Waals surface area contributed by atoms with Crippen molar-refractivity contribution in [3.63, 3.8) is 0 Å². The molecule has 2 heterocycles. The van der Waals surface area contributed by atoms with Crippen molar-refractivity contribution in [1.29, 1.82) is 0 Å². The third-order valence-corrected chi connectivity index (χ3v) is 3.79. The fraction of sp³-hybridized carbons (Fsp3) is 0.643. The minimum Gasteiger partial charge on any atom is -0.394 e. The van der Waals surface area contributed by atoms with Gasteiger partial charge in [0, 0.05) is 19.3 Å². The summed E-state index contributed by atoms with van der Waals surface area (Å²) in [6.07, 6.45) is -8.22. The number of nitrogens with two attached hydrogens (primary N) is 1. The first-order valence-corrected chi connectivity index (χ1v) is 7.91. The number of amides is 1. The van der Waals surface area contributed by atoms with Crippen molar-refractivity contribution in [2.45, 2.75) is 37.1 Å².